The summed E-state index contributed by atoms with van der Waals surface area (Å²) in [6.45, 7) is 6.75. The Labute approximate surface area is 115 Å². The molecule has 0 saturated carbocycles. The highest BCUT2D eigenvalue weighted by Gasteiger charge is 2.00. The number of halogens is 1. The summed E-state index contributed by atoms with van der Waals surface area (Å²) in [5.74, 6) is 0.881. The van der Waals surface area contributed by atoms with Crippen molar-refractivity contribution >= 4 is 17.6 Å². The third-order valence-electron chi connectivity index (χ3n) is 2.48. The molecule has 2 N–H and O–H groups in total. The largest absolute Gasteiger partial charge is 0.357 e. The Kier molecular flexibility index (Phi) is 7.26. The van der Waals surface area contributed by atoms with E-state index < -0.39 is 0 Å². The molecule has 3 nitrogen and oxygen atoms in total. The van der Waals surface area contributed by atoms with Gasteiger partial charge in [0.1, 0.15) is 0 Å². The van der Waals surface area contributed by atoms with Crippen molar-refractivity contribution in [1.82, 2.24) is 10.6 Å². The molecule has 0 saturated heterocycles. The van der Waals surface area contributed by atoms with Gasteiger partial charge in [-0.15, -0.1) is 0 Å². The summed E-state index contributed by atoms with van der Waals surface area (Å²) in [5.41, 5.74) is 1.16. The van der Waals surface area contributed by atoms with Crippen LogP contribution in [0.3, 0.4) is 0 Å². The molecule has 0 aromatic heterocycles. The summed E-state index contributed by atoms with van der Waals surface area (Å²) in [4.78, 5) is 4.45. The Morgan fingerprint density at radius 3 is 2.67 bits per heavy atom. The number of rotatable bonds is 6. The van der Waals surface area contributed by atoms with Gasteiger partial charge >= 0.3 is 0 Å². The van der Waals surface area contributed by atoms with E-state index in [4.69, 9.17) is 11.6 Å². The van der Waals surface area contributed by atoms with Crippen LogP contribution in [0.4, 0.5) is 0 Å². The first-order valence-corrected chi connectivity index (χ1v) is 6.91. The maximum atomic E-state index is 6.11. The van der Waals surface area contributed by atoms with Crippen LogP contribution in [-0.2, 0) is 6.42 Å². The molecule has 0 heterocycles. The molecule has 18 heavy (non-hydrogen) atoms. The van der Waals surface area contributed by atoms with Crippen molar-refractivity contribution in [2.24, 2.45) is 4.99 Å². The van der Waals surface area contributed by atoms with E-state index in [-0.39, 0.29) is 0 Å². The van der Waals surface area contributed by atoms with Crippen molar-refractivity contribution < 1.29 is 0 Å². The zero-order valence-electron chi connectivity index (χ0n) is 11.2. The van der Waals surface area contributed by atoms with Crippen molar-refractivity contribution in [2.45, 2.75) is 26.7 Å². The minimum Gasteiger partial charge on any atom is -0.357 e. The fraction of sp³-hybridized carbons (Fsp3) is 0.500. The molecular weight excluding hydrogens is 246 g/mol. The molecule has 0 amide bonds. The Hall–Kier alpha value is -1.22. The highest BCUT2D eigenvalue weighted by Crippen LogP contribution is 2.14. The Balaban J connectivity index is 2.41. The van der Waals surface area contributed by atoms with Gasteiger partial charge in [-0.2, -0.15) is 0 Å². The Morgan fingerprint density at radius 2 is 2.00 bits per heavy atom. The second-order valence-corrected chi connectivity index (χ2v) is 4.44. The summed E-state index contributed by atoms with van der Waals surface area (Å²) in [5, 5.41) is 7.36. The van der Waals surface area contributed by atoms with E-state index in [0.717, 1.165) is 49.0 Å². The van der Waals surface area contributed by atoms with E-state index in [1.807, 2.05) is 18.2 Å². The zero-order valence-corrected chi connectivity index (χ0v) is 11.9. The smallest absolute Gasteiger partial charge is 0.191 e. The molecule has 1 rings (SSSR count). The molecule has 1 aromatic rings. The molecule has 100 valence electrons. The van der Waals surface area contributed by atoms with Crippen LogP contribution >= 0.6 is 11.6 Å². The second kappa shape index (κ2) is 8.81. The minimum atomic E-state index is 0.829. The van der Waals surface area contributed by atoms with E-state index in [2.05, 4.69) is 35.5 Å². The average Bonchev–Trinajstić information content (AvgIpc) is 2.38. The summed E-state index contributed by atoms with van der Waals surface area (Å²) < 4.78 is 0. The summed E-state index contributed by atoms with van der Waals surface area (Å²) in [6.07, 6.45) is 1.96. The number of hydrogen-bond acceptors (Lipinski definition) is 1. The summed E-state index contributed by atoms with van der Waals surface area (Å²) in [7, 11) is 0. The normalized spacial score (nSPS) is 11.4. The maximum absolute atomic E-state index is 6.11. The molecule has 0 unspecified atom stereocenters. The molecule has 0 bridgehead atoms. The Morgan fingerprint density at radius 1 is 1.22 bits per heavy atom. The van der Waals surface area contributed by atoms with Gasteiger partial charge in [-0.3, -0.25) is 4.99 Å². The van der Waals surface area contributed by atoms with Crippen LogP contribution < -0.4 is 10.6 Å². The fourth-order valence-corrected chi connectivity index (χ4v) is 1.81. The highest BCUT2D eigenvalue weighted by molar-refractivity contribution is 6.31. The first-order valence-electron chi connectivity index (χ1n) is 6.53. The second-order valence-electron chi connectivity index (χ2n) is 4.03. The van der Waals surface area contributed by atoms with Crippen LogP contribution in [0.25, 0.3) is 0 Å². The lowest BCUT2D eigenvalue weighted by atomic mass is 10.1. The van der Waals surface area contributed by atoms with E-state index in [0.29, 0.717) is 0 Å². The molecule has 4 heteroatoms. The average molecular weight is 268 g/mol. The SMILES string of the molecule is CCCN=C(NCC)NCCc1ccccc1Cl. The maximum Gasteiger partial charge on any atom is 0.191 e. The van der Waals surface area contributed by atoms with Gasteiger partial charge in [0.05, 0.1) is 0 Å². The standard InChI is InChI=1S/C14H22ClN3/c1-3-10-17-14(16-4-2)18-11-9-12-7-5-6-8-13(12)15/h5-8H,3-4,9-11H2,1-2H3,(H2,16,17,18). The van der Waals surface area contributed by atoms with Gasteiger partial charge in [0.15, 0.2) is 5.96 Å². The van der Waals surface area contributed by atoms with Gasteiger partial charge < -0.3 is 10.6 Å². The zero-order chi connectivity index (χ0) is 13.2. The van der Waals surface area contributed by atoms with Gasteiger partial charge in [-0.25, -0.2) is 0 Å². The van der Waals surface area contributed by atoms with Gasteiger partial charge in [0, 0.05) is 24.7 Å². The van der Waals surface area contributed by atoms with Crippen LogP contribution in [0.15, 0.2) is 29.3 Å². The first-order chi connectivity index (χ1) is 8.77. The van der Waals surface area contributed by atoms with E-state index in [1.54, 1.807) is 0 Å². The highest BCUT2D eigenvalue weighted by atomic mass is 35.5. The van der Waals surface area contributed by atoms with E-state index in [1.165, 1.54) is 0 Å². The molecule has 0 fully saturated rings. The molecule has 0 aliphatic rings. The summed E-state index contributed by atoms with van der Waals surface area (Å²) in [6, 6.07) is 7.94. The lowest BCUT2D eigenvalue weighted by Gasteiger charge is -2.11. The minimum absolute atomic E-state index is 0.829. The predicted octanol–water partition coefficient (Wildman–Crippen LogP) is 2.85. The van der Waals surface area contributed by atoms with Crippen LogP contribution in [0.1, 0.15) is 25.8 Å². The van der Waals surface area contributed by atoms with E-state index in [9.17, 15) is 0 Å². The number of guanidine groups is 1. The van der Waals surface area contributed by atoms with Crippen molar-refractivity contribution in [1.29, 1.82) is 0 Å². The molecule has 0 atom stereocenters. The van der Waals surface area contributed by atoms with Gasteiger partial charge in [-0.05, 0) is 31.4 Å². The molecule has 0 aliphatic carbocycles. The number of benzene rings is 1. The molecule has 0 radical (unpaired) electrons. The quantitative estimate of drug-likeness (QED) is 0.614. The fourth-order valence-electron chi connectivity index (χ4n) is 1.58. The van der Waals surface area contributed by atoms with Crippen LogP contribution in [0.2, 0.25) is 5.02 Å². The van der Waals surface area contributed by atoms with Gasteiger partial charge in [0.25, 0.3) is 0 Å². The van der Waals surface area contributed by atoms with Crippen molar-refractivity contribution in [3.63, 3.8) is 0 Å². The van der Waals surface area contributed by atoms with Crippen molar-refractivity contribution in [3.05, 3.63) is 34.9 Å². The summed E-state index contributed by atoms with van der Waals surface area (Å²) >= 11 is 6.11. The van der Waals surface area contributed by atoms with Crippen LogP contribution in [0.5, 0.6) is 0 Å². The first kappa shape index (κ1) is 14.8. The number of hydrogen-bond donors (Lipinski definition) is 2. The lowest BCUT2D eigenvalue weighted by molar-refractivity contribution is 0.793. The van der Waals surface area contributed by atoms with Crippen LogP contribution in [-0.4, -0.2) is 25.6 Å². The lowest BCUT2D eigenvalue weighted by Crippen LogP contribution is -2.38. The molecule has 0 aliphatic heterocycles. The number of aliphatic imine (C=N–C) groups is 1. The third-order valence-corrected chi connectivity index (χ3v) is 2.85. The predicted molar refractivity (Wildman–Crippen MR) is 79.4 cm³/mol. The van der Waals surface area contributed by atoms with E-state index >= 15 is 0 Å². The topological polar surface area (TPSA) is 36.4 Å². The van der Waals surface area contributed by atoms with Crippen molar-refractivity contribution in [2.75, 3.05) is 19.6 Å². The number of nitrogens with zero attached hydrogens (tertiary/aromatic N) is 1. The van der Waals surface area contributed by atoms with Gasteiger partial charge in [-0.1, -0.05) is 36.7 Å². The monoisotopic (exact) mass is 267 g/mol. The van der Waals surface area contributed by atoms with Crippen molar-refractivity contribution in [3.8, 4) is 0 Å². The molecule has 1 aromatic carbocycles. The Bertz CT molecular complexity index is 377. The molecular formula is C14H22ClN3. The van der Waals surface area contributed by atoms with Gasteiger partial charge in [0.2, 0.25) is 0 Å². The molecule has 0 spiro atoms. The number of nitrogens with one attached hydrogen (secondary N) is 2. The van der Waals surface area contributed by atoms with Crippen LogP contribution in [0, 0.1) is 0 Å². The third kappa shape index (κ3) is 5.41.